The van der Waals surface area contributed by atoms with E-state index in [-0.39, 0.29) is 0 Å². The summed E-state index contributed by atoms with van der Waals surface area (Å²) in [6.07, 6.45) is 0. The van der Waals surface area contributed by atoms with Crippen molar-refractivity contribution in [2.75, 3.05) is 0 Å². The highest BCUT2D eigenvalue weighted by molar-refractivity contribution is 9.10. The number of benzene rings is 1. The third kappa shape index (κ3) is 3.34. The molecule has 0 spiro atoms. The van der Waals surface area contributed by atoms with Crippen LogP contribution in [0.25, 0.3) is 0 Å². The van der Waals surface area contributed by atoms with Gasteiger partial charge in [0.1, 0.15) is 0 Å². The van der Waals surface area contributed by atoms with Gasteiger partial charge in [-0.2, -0.15) is 4.98 Å². The van der Waals surface area contributed by atoms with Gasteiger partial charge in [-0.05, 0) is 41.9 Å². The van der Waals surface area contributed by atoms with Crippen LogP contribution in [0.1, 0.15) is 25.6 Å². The Kier molecular flexibility index (Phi) is 4.09. The zero-order valence-corrected chi connectivity index (χ0v) is 12.6. The molecule has 2 aromatic rings. The van der Waals surface area contributed by atoms with E-state index >= 15 is 0 Å². The molecule has 96 valence electrons. The summed E-state index contributed by atoms with van der Waals surface area (Å²) in [4.78, 5) is 5.44. The topological polar surface area (TPSA) is 64.9 Å². The smallest absolute Gasteiger partial charge is 0.246 e. The Morgan fingerprint density at radius 1 is 1.39 bits per heavy atom. The number of thioether (sulfide) groups is 1. The second-order valence-corrected chi connectivity index (χ2v) is 6.33. The third-order valence-electron chi connectivity index (χ3n) is 2.21. The fourth-order valence-corrected chi connectivity index (χ4v) is 2.69. The van der Waals surface area contributed by atoms with Gasteiger partial charge in [-0.3, -0.25) is 0 Å². The highest BCUT2D eigenvalue weighted by Crippen LogP contribution is 2.29. The van der Waals surface area contributed by atoms with Crippen molar-refractivity contribution in [2.24, 2.45) is 5.73 Å². The van der Waals surface area contributed by atoms with Gasteiger partial charge in [-0.1, -0.05) is 17.3 Å². The molecule has 0 aliphatic rings. The van der Waals surface area contributed by atoms with Crippen LogP contribution in [0.4, 0.5) is 0 Å². The van der Waals surface area contributed by atoms with E-state index in [1.54, 1.807) is 11.8 Å². The van der Waals surface area contributed by atoms with E-state index < -0.39 is 5.54 Å². The van der Waals surface area contributed by atoms with Gasteiger partial charge >= 0.3 is 0 Å². The first-order valence-electron chi connectivity index (χ1n) is 5.46. The lowest BCUT2D eigenvalue weighted by Gasteiger charge is -2.10. The average Bonchev–Trinajstić information content (AvgIpc) is 2.76. The molecule has 0 fully saturated rings. The summed E-state index contributed by atoms with van der Waals surface area (Å²) < 4.78 is 6.20. The van der Waals surface area contributed by atoms with Crippen molar-refractivity contribution in [1.82, 2.24) is 10.1 Å². The summed E-state index contributed by atoms with van der Waals surface area (Å²) in [6.45, 7) is 3.68. The number of hydrogen-bond donors (Lipinski definition) is 1. The molecule has 0 aliphatic heterocycles. The fraction of sp³-hybridized carbons (Fsp3) is 0.333. The zero-order chi connectivity index (χ0) is 13.2. The SMILES string of the molecule is CC(C)(N)c1nc(CSc2ccccc2Br)no1. The van der Waals surface area contributed by atoms with Gasteiger partial charge in [0.2, 0.25) is 5.89 Å². The van der Waals surface area contributed by atoms with Gasteiger partial charge in [0.15, 0.2) is 5.82 Å². The molecule has 0 saturated carbocycles. The number of hydrogen-bond acceptors (Lipinski definition) is 5. The molecular weight excluding hydrogens is 314 g/mol. The summed E-state index contributed by atoms with van der Waals surface area (Å²) in [5, 5.41) is 3.93. The first-order chi connectivity index (χ1) is 8.47. The predicted molar refractivity (Wildman–Crippen MR) is 75.2 cm³/mol. The quantitative estimate of drug-likeness (QED) is 0.872. The molecule has 6 heteroatoms. The van der Waals surface area contributed by atoms with Crippen molar-refractivity contribution in [3.05, 3.63) is 40.5 Å². The van der Waals surface area contributed by atoms with E-state index in [0.717, 1.165) is 9.37 Å². The lowest BCUT2D eigenvalue weighted by atomic mass is 10.1. The normalized spacial score (nSPS) is 11.8. The lowest BCUT2D eigenvalue weighted by molar-refractivity contribution is 0.310. The molecule has 2 N–H and O–H groups in total. The first-order valence-corrected chi connectivity index (χ1v) is 7.24. The fourth-order valence-electron chi connectivity index (χ4n) is 1.28. The number of aromatic nitrogens is 2. The van der Waals surface area contributed by atoms with E-state index in [4.69, 9.17) is 10.3 Å². The van der Waals surface area contributed by atoms with Crippen molar-refractivity contribution in [3.63, 3.8) is 0 Å². The van der Waals surface area contributed by atoms with Crippen LogP contribution in [0.2, 0.25) is 0 Å². The number of nitrogens with two attached hydrogens (primary N) is 1. The maximum atomic E-state index is 5.89. The van der Waals surface area contributed by atoms with Crippen LogP contribution in [0.15, 0.2) is 38.2 Å². The molecule has 0 saturated heterocycles. The number of nitrogens with zero attached hydrogens (tertiary/aromatic N) is 2. The van der Waals surface area contributed by atoms with E-state index in [2.05, 4.69) is 26.1 Å². The maximum Gasteiger partial charge on any atom is 0.246 e. The minimum Gasteiger partial charge on any atom is -0.337 e. The molecule has 1 aromatic heterocycles. The molecule has 2 rings (SSSR count). The third-order valence-corrected chi connectivity index (χ3v) is 4.24. The maximum absolute atomic E-state index is 5.89. The van der Waals surface area contributed by atoms with E-state index in [1.165, 1.54) is 0 Å². The Morgan fingerprint density at radius 2 is 2.11 bits per heavy atom. The molecule has 0 amide bonds. The second-order valence-electron chi connectivity index (χ2n) is 4.46. The largest absolute Gasteiger partial charge is 0.337 e. The second kappa shape index (κ2) is 5.42. The predicted octanol–water partition coefficient (Wildman–Crippen LogP) is 3.32. The van der Waals surface area contributed by atoms with Gasteiger partial charge < -0.3 is 10.3 Å². The minimum absolute atomic E-state index is 0.463. The van der Waals surface area contributed by atoms with Crippen LogP contribution >= 0.6 is 27.7 Å². The highest BCUT2D eigenvalue weighted by atomic mass is 79.9. The van der Waals surface area contributed by atoms with Crippen LogP contribution in [0, 0.1) is 0 Å². The first kappa shape index (κ1) is 13.6. The number of rotatable bonds is 4. The molecule has 18 heavy (non-hydrogen) atoms. The molecule has 1 heterocycles. The van der Waals surface area contributed by atoms with Crippen LogP contribution in [-0.2, 0) is 11.3 Å². The Labute approximate surface area is 118 Å². The molecule has 0 atom stereocenters. The summed E-state index contributed by atoms with van der Waals surface area (Å²) in [6, 6.07) is 8.03. The molecule has 0 unspecified atom stereocenters. The van der Waals surface area contributed by atoms with Crippen molar-refractivity contribution in [3.8, 4) is 0 Å². The summed E-state index contributed by atoms with van der Waals surface area (Å²) >= 11 is 5.15. The molecule has 1 aromatic carbocycles. The Hall–Kier alpha value is -0.850. The van der Waals surface area contributed by atoms with Gasteiger partial charge in [0, 0.05) is 9.37 Å². The van der Waals surface area contributed by atoms with E-state index in [1.807, 2.05) is 38.1 Å². The Bertz CT molecular complexity index is 536. The van der Waals surface area contributed by atoms with Gasteiger partial charge in [0.05, 0.1) is 11.3 Å². The molecule has 0 bridgehead atoms. The molecular formula is C12H14BrN3OS. The van der Waals surface area contributed by atoms with E-state index in [0.29, 0.717) is 17.5 Å². The molecule has 0 radical (unpaired) electrons. The minimum atomic E-state index is -0.594. The summed E-state index contributed by atoms with van der Waals surface area (Å²) in [5.74, 6) is 1.77. The van der Waals surface area contributed by atoms with Crippen LogP contribution in [0.3, 0.4) is 0 Å². The van der Waals surface area contributed by atoms with Crippen molar-refractivity contribution in [2.45, 2.75) is 30.0 Å². The van der Waals surface area contributed by atoms with Gasteiger partial charge in [-0.25, -0.2) is 0 Å². The van der Waals surface area contributed by atoms with E-state index in [9.17, 15) is 0 Å². The Balaban J connectivity index is 2.03. The highest BCUT2D eigenvalue weighted by Gasteiger charge is 2.22. The van der Waals surface area contributed by atoms with Gasteiger partial charge in [-0.15, -0.1) is 11.8 Å². The van der Waals surface area contributed by atoms with Crippen LogP contribution in [0.5, 0.6) is 0 Å². The molecule has 4 nitrogen and oxygen atoms in total. The van der Waals surface area contributed by atoms with Crippen molar-refractivity contribution >= 4 is 27.7 Å². The molecule has 0 aliphatic carbocycles. The average molecular weight is 328 g/mol. The van der Waals surface area contributed by atoms with Crippen LogP contribution in [-0.4, -0.2) is 10.1 Å². The van der Waals surface area contributed by atoms with Crippen LogP contribution < -0.4 is 5.73 Å². The van der Waals surface area contributed by atoms with Gasteiger partial charge in [0.25, 0.3) is 0 Å². The standard InChI is InChI=1S/C12H14BrN3OS/c1-12(2,14)11-15-10(16-17-11)7-18-9-6-4-3-5-8(9)13/h3-6H,7,14H2,1-2H3. The summed E-state index contributed by atoms with van der Waals surface area (Å²) in [7, 11) is 0. The van der Waals surface area contributed by atoms with Crippen molar-refractivity contribution < 1.29 is 4.52 Å². The monoisotopic (exact) mass is 327 g/mol. The summed E-state index contributed by atoms with van der Waals surface area (Å²) in [5.41, 5.74) is 5.30. The zero-order valence-electron chi connectivity index (χ0n) is 10.2. The number of halogens is 1. The van der Waals surface area contributed by atoms with Crippen molar-refractivity contribution in [1.29, 1.82) is 0 Å². The lowest BCUT2D eigenvalue weighted by Crippen LogP contribution is -2.29. The Morgan fingerprint density at radius 3 is 2.72 bits per heavy atom.